The molecule has 1 aromatic carbocycles. The van der Waals surface area contributed by atoms with Crippen molar-refractivity contribution in [2.75, 3.05) is 5.32 Å². The normalized spacial score (nSPS) is 11.1. The van der Waals surface area contributed by atoms with Gasteiger partial charge >= 0.3 is 0 Å². The van der Waals surface area contributed by atoms with Crippen LogP contribution in [0.1, 0.15) is 27.7 Å². The van der Waals surface area contributed by atoms with E-state index in [1.165, 1.54) is 11.8 Å². The van der Waals surface area contributed by atoms with Crippen LogP contribution < -0.4 is 5.32 Å². The van der Waals surface area contributed by atoms with E-state index in [1.54, 1.807) is 6.92 Å². The van der Waals surface area contributed by atoms with Crippen molar-refractivity contribution in [1.29, 1.82) is 5.41 Å². The highest BCUT2D eigenvalue weighted by atomic mass is 32.2. The van der Waals surface area contributed by atoms with Crippen molar-refractivity contribution < 1.29 is 4.79 Å². The second-order valence-electron chi connectivity index (χ2n) is 4.86. The number of carbonyl (C=O) groups excluding carboxylic acids is 1. The summed E-state index contributed by atoms with van der Waals surface area (Å²) in [5, 5.41) is 10.9. The Labute approximate surface area is 107 Å². The number of amides is 1. The van der Waals surface area contributed by atoms with Crippen LogP contribution in [0, 0.1) is 10.8 Å². The van der Waals surface area contributed by atoms with Gasteiger partial charge in [-0.15, -0.1) is 0 Å². The minimum Gasteiger partial charge on any atom is -0.325 e. The SMILES string of the molecule is CC(=N)Sc1ccccc1NC(=O)C(C)(C)C. The summed E-state index contributed by atoms with van der Waals surface area (Å²) in [7, 11) is 0. The van der Waals surface area contributed by atoms with Crippen LogP contribution in [0.25, 0.3) is 0 Å². The van der Waals surface area contributed by atoms with Crippen LogP contribution in [0.5, 0.6) is 0 Å². The molecule has 2 N–H and O–H groups in total. The molecule has 0 atom stereocenters. The molecule has 0 heterocycles. The first-order chi connectivity index (χ1) is 7.80. The highest BCUT2D eigenvalue weighted by Crippen LogP contribution is 2.28. The molecule has 0 aliphatic rings. The van der Waals surface area contributed by atoms with E-state index in [0.29, 0.717) is 5.04 Å². The number of thioether (sulfide) groups is 1. The maximum Gasteiger partial charge on any atom is 0.229 e. The number of hydrogen-bond acceptors (Lipinski definition) is 3. The third-order valence-electron chi connectivity index (χ3n) is 2.08. The third kappa shape index (κ3) is 4.23. The molecular weight excluding hydrogens is 232 g/mol. The maximum atomic E-state index is 11.9. The van der Waals surface area contributed by atoms with Gasteiger partial charge in [-0.1, -0.05) is 44.7 Å². The van der Waals surface area contributed by atoms with E-state index in [9.17, 15) is 4.79 Å². The molecule has 3 nitrogen and oxygen atoms in total. The first-order valence-corrected chi connectivity index (χ1v) is 6.26. The lowest BCUT2D eigenvalue weighted by molar-refractivity contribution is -0.123. The second-order valence-corrected chi connectivity index (χ2v) is 6.11. The van der Waals surface area contributed by atoms with Crippen LogP contribution in [-0.4, -0.2) is 11.0 Å². The molecule has 0 aliphatic carbocycles. The highest BCUT2D eigenvalue weighted by Gasteiger charge is 2.21. The fourth-order valence-corrected chi connectivity index (χ4v) is 1.84. The maximum absolute atomic E-state index is 11.9. The first-order valence-electron chi connectivity index (χ1n) is 5.44. The van der Waals surface area contributed by atoms with E-state index in [0.717, 1.165) is 10.6 Å². The van der Waals surface area contributed by atoms with Gasteiger partial charge in [0.2, 0.25) is 5.91 Å². The summed E-state index contributed by atoms with van der Waals surface area (Å²) in [6, 6.07) is 7.54. The predicted octanol–water partition coefficient (Wildman–Crippen LogP) is 3.76. The van der Waals surface area contributed by atoms with Gasteiger partial charge in [0.25, 0.3) is 0 Å². The van der Waals surface area contributed by atoms with Gasteiger partial charge in [-0.25, -0.2) is 0 Å². The zero-order valence-corrected chi connectivity index (χ0v) is 11.4. The van der Waals surface area contributed by atoms with Crippen LogP contribution in [0.2, 0.25) is 0 Å². The van der Waals surface area contributed by atoms with Gasteiger partial charge in [-0.3, -0.25) is 10.2 Å². The summed E-state index contributed by atoms with van der Waals surface area (Å²) in [6.07, 6.45) is 0. The quantitative estimate of drug-likeness (QED) is 0.477. The van der Waals surface area contributed by atoms with Crippen LogP contribution in [0.4, 0.5) is 5.69 Å². The number of carbonyl (C=O) groups is 1. The molecular formula is C13H18N2OS. The van der Waals surface area contributed by atoms with Gasteiger partial charge in [-0.2, -0.15) is 0 Å². The molecule has 1 rings (SSSR count). The van der Waals surface area contributed by atoms with Crippen molar-refractivity contribution in [3.63, 3.8) is 0 Å². The largest absolute Gasteiger partial charge is 0.325 e. The number of para-hydroxylation sites is 1. The molecule has 0 aliphatic heterocycles. The predicted molar refractivity (Wildman–Crippen MR) is 73.8 cm³/mol. The summed E-state index contributed by atoms with van der Waals surface area (Å²) in [5.74, 6) is -0.0202. The molecule has 4 heteroatoms. The van der Waals surface area contributed by atoms with Crippen molar-refractivity contribution in [1.82, 2.24) is 0 Å². The number of rotatable bonds is 2. The molecule has 0 saturated carbocycles. The Bertz CT molecular complexity index is 435. The van der Waals surface area contributed by atoms with E-state index < -0.39 is 5.41 Å². The van der Waals surface area contributed by atoms with Crippen LogP contribution in [0.3, 0.4) is 0 Å². The third-order valence-corrected chi connectivity index (χ3v) is 2.96. The molecule has 92 valence electrons. The molecule has 0 saturated heterocycles. The summed E-state index contributed by atoms with van der Waals surface area (Å²) >= 11 is 1.35. The molecule has 0 fully saturated rings. The summed E-state index contributed by atoms with van der Waals surface area (Å²) in [4.78, 5) is 12.8. The standard InChI is InChI=1S/C13H18N2OS/c1-9(14)17-11-8-6-5-7-10(11)15-12(16)13(2,3)4/h5-8,14H,1-4H3,(H,15,16). The molecule has 0 bridgehead atoms. The molecule has 0 aromatic heterocycles. The number of benzene rings is 1. The Hall–Kier alpha value is -1.29. The Kier molecular flexibility index (Phi) is 4.34. The Morgan fingerprint density at radius 2 is 1.88 bits per heavy atom. The van der Waals surface area contributed by atoms with Crippen molar-refractivity contribution >= 4 is 28.4 Å². The average Bonchev–Trinajstić information content (AvgIpc) is 2.18. The molecule has 17 heavy (non-hydrogen) atoms. The van der Waals surface area contributed by atoms with Gasteiger partial charge < -0.3 is 5.32 Å². The molecule has 1 aromatic rings. The molecule has 0 spiro atoms. The second kappa shape index (κ2) is 5.36. The molecule has 0 unspecified atom stereocenters. The van der Waals surface area contributed by atoms with E-state index in [2.05, 4.69) is 5.32 Å². The first kappa shape index (κ1) is 13.8. The van der Waals surface area contributed by atoms with Gasteiger partial charge in [0.05, 0.1) is 10.7 Å². The minimum atomic E-state index is -0.419. The number of hydrogen-bond donors (Lipinski definition) is 2. The van der Waals surface area contributed by atoms with E-state index in [-0.39, 0.29) is 5.91 Å². The Morgan fingerprint density at radius 3 is 2.41 bits per heavy atom. The van der Waals surface area contributed by atoms with E-state index >= 15 is 0 Å². The molecule has 1 amide bonds. The monoisotopic (exact) mass is 250 g/mol. The van der Waals surface area contributed by atoms with Crippen LogP contribution in [-0.2, 0) is 4.79 Å². The summed E-state index contributed by atoms with van der Waals surface area (Å²) < 4.78 is 0. The summed E-state index contributed by atoms with van der Waals surface area (Å²) in [5.41, 5.74) is 0.348. The van der Waals surface area contributed by atoms with Crippen LogP contribution in [0.15, 0.2) is 29.2 Å². The van der Waals surface area contributed by atoms with E-state index in [4.69, 9.17) is 5.41 Å². The lowest BCUT2D eigenvalue weighted by Crippen LogP contribution is -2.27. The molecule has 0 radical (unpaired) electrons. The van der Waals surface area contributed by atoms with Gasteiger partial charge in [0, 0.05) is 10.3 Å². The van der Waals surface area contributed by atoms with Crippen molar-refractivity contribution in [3.05, 3.63) is 24.3 Å². The number of nitrogens with one attached hydrogen (secondary N) is 2. The Morgan fingerprint density at radius 1 is 1.29 bits per heavy atom. The van der Waals surface area contributed by atoms with Crippen molar-refractivity contribution in [3.8, 4) is 0 Å². The fraction of sp³-hybridized carbons (Fsp3) is 0.385. The van der Waals surface area contributed by atoms with E-state index in [1.807, 2.05) is 45.0 Å². The lowest BCUT2D eigenvalue weighted by Gasteiger charge is -2.19. The Balaban J connectivity index is 2.91. The number of anilines is 1. The fourth-order valence-electron chi connectivity index (χ4n) is 1.13. The zero-order chi connectivity index (χ0) is 13.1. The van der Waals surface area contributed by atoms with Crippen LogP contribution >= 0.6 is 11.8 Å². The zero-order valence-electron chi connectivity index (χ0n) is 10.6. The van der Waals surface area contributed by atoms with Crippen molar-refractivity contribution in [2.24, 2.45) is 5.41 Å². The highest BCUT2D eigenvalue weighted by molar-refractivity contribution is 8.13. The average molecular weight is 250 g/mol. The summed E-state index contributed by atoms with van der Waals surface area (Å²) in [6.45, 7) is 7.35. The minimum absolute atomic E-state index is 0.0202. The van der Waals surface area contributed by atoms with Gasteiger partial charge in [0.1, 0.15) is 0 Å². The van der Waals surface area contributed by atoms with Crippen molar-refractivity contribution in [2.45, 2.75) is 32.6 Å². The lowest BCUT2D eigenvalue weighted by atomic mass is 9.95. The van der Waals surface area contributed by atoms with Gasteiger partial charge in [0.15, 0.2) is 0 Å². The topological polar surface area (TPSA) is 53.0 Å². The smallest absolute Gasteiger partial charge is 0.229 e. The van der Waals surface area contributed by atoms with Gasteiger partial charge in [-0.05, 0) is 19.1 Å².